The molecule has 0 radical (unpaired) electrons. The summed E-state index contributed by atoms with van der Waals surface area (Å²) < 4.78 is 5.43. The average molecular weight is 311 g/mol. The number of hydrogen-bond donors (Lipinski definition) is 2. The summed E-state index contributed by atoms with van der Waals surface area (Å²) in [5.74, 6) is -0.591. The number of carbonyl (C=O) groups excluding carboxylic acids is 2. The SMILES string of the molecule is C[C@@H](NC(=O)c1ccccc1Cl)C(=O)NC[C@@H]1CCCO1. The highest BCUT2D eigenvalue weighted by Crippen LogP contribution is 2.14. The van der Waals surface area contributed by atoms with Crippen molar-refractivity contribution in [3.05, 3.63) is 34.9 Å². The number of ether oxygens (including phenoxy) is 1. The quantitative estimate of drug-likeness (QED) is 0.870. The Balaban J connectivity index is 1.82. The summed E-state index contributed by atoms with van der Waals surface area (Å²) in [5, 5.41) is 5.78. The van der Waals surface area contributed by atoms with Gasteiger partial charge in [0.1, 0.15) is 6.04 Å². The molecule has 1 saturated heterocycles. The monoisotopic (exact) mass is 310 g/mol. The van der Waals surface area contributed by atoms with Crippen LogP contribution in [-0.2, 0) is 9.53 Å². The fourth-order valence-electron chi connectivity index (χ4n) is 2.16. The van der Waals surface area contributed by atoms with Crippen LogP contribution in [0.2, 0.25) is 5.02 Å². The molecule has 2 rings (SSSR count). The molecule has 2 atom stereocenters. The topological polar surface area (TPSA) is 67.4 Å². The van der Waals surface area contributed by atoms with Crippen molar-refractivity contribution >= 4 is 23.4 Å². The summed E-state index contributed by atoms with van der Waals surface area (Å²) in [7, 11) is 0. The second kappa shape index (κ2) is 7.43. The lowest BCUT2D eigenvalue weighted by atomic mass is 10.2. The van der Waals surface area contributed by atoms with E-state index in [4.69, 9.17) is 16.3 Å². The molecule has 1 aromatic rings. The van der Waals surface area contributed by atoms with Crippen LogP contribution in [-0.4, -0.2) is 37.1 Å². The van der Waals surface area contributed by atoms with Crippen LogP contribution >= 0.6 is 11.6 Å². The lowest BCUT2D eigenvalue weighted by molar-refractivity contribution is -0.123. The van der Waals surface area contributed by atoms with Gasteiger partial charge in [-0.15, -0.1) is 0 Å². The molecule has 114 valence electrons. The van der Waals surface area contributed by atoms with E-state index in [9.17, 15) is 9.59 Å². The van der Waals surface area contributed by atoms with Crippen LogP contribution in [0.5, 0.6) is 0 Å². The Kier molecular flexibility index (Phi) is 5.59. The number of benzene rings is 1. The van der Waals surface area contributed by atoms with Gasteiger partial charge >= 0.3 is 0 Å². The summed E-state index contributed by atoms with van der Waals surface area (Å²) in [6.45, 7) is 2.87. The minimum atomic E-state index is -0.629. The molecular formula is C15H19ClN2O3. The van der Waals surface area contributed by atoms with Crippen molar-refractivity contribution in [2.45, 2.75) is 31.9 Å². The Labute approximate surface area is 129 Å². The number of carbonyl (C=O) groups is 2. The molecule has 0 aliphatic carbocycles. The van der Waals surface area contributed by atoms with Crippen molar-refractivity contribution < 1.29 is 14.3 Å². The van der Waals surface area contributed by atoms with E-state index in [0.29, 0.717) is 17.1 Å². The van der Waals surface area contributed by atoms with Crippen LogP contribution < -0.4 is 10.6 Å². The highest BCUT2D eigenvalue weighted by atomic mass is 35.5. The maximum absolute atomic E-state index is 12.0. The molecule has 0 saturated carbocycles. The predicted octanol–water partition coefficient (Wildman–Crippen LogP) is 1.75. The van der Waals surface area contributed by atoms with Crippen LogP contribution in [0.1, 0.15) is 30.1 Å². The first-order valence-electron chi connectivity index (χ1n) is 7.02. The molecule has 0 spiro atoms. The molecule has 2 N–H and O–H groups in total. The molecule has 1 aliphatic heterocycles. The first-order valence-corrected chi connectivity index (χ1v) is 7.40. The summed E-state index contributed by atoms with van der Waals surface area (Å²) >= 11 is 5.95. The van der Waals surface area contributed by atoms with Crippen molar-refractivity contribution in [2.24, 2.45) is 0 Å². The van der Waals surface area contributed by atoms with E-state index in [2.05, 4.69) is 10.6 Å². The second-order valence-electron chi connectivity index (χ2n) is 5.06. The molecule has 6 heteroatoms. The van der Waals surface area contributed by atoms with Gasteiger partial charge in [0.15, 0.2) is 0 Å². The van der Waals surface area contributed by atoms with E-state index in [1.807, 2.05) is 0 Å². The standard InChI is InChI=1S/C15H19ClN2O3/c1-10(14(19)17-9-11-5-4-8-21-11)18-15(20)12-6-2-3-7-13(12)16/h2-3,6-7,10-11H,4-5,8-9H2,1H3,(H,17,19)(H,18,20)/t10-,11+/m1/s1. The Morgan fingerprint density at radius 1 is 1.43 bits per heavy atom. The van der Waals surface area contributed by atoms with E-state index >= 15 is 0 Å². The normalized spacial score (nSPS) is 19.0. The lowest BCUT2D eigenvalue weighted by Crippen LogP contribution is -2.46. The lowest BCUT2D eigenvalue weighted by Gasteiger charge is -2.16. The van der Waals surface area contributed by atoms with Gasteiger partial charge in [-0.25, -0.2) is 0 Å². The smallest absolute Gasteiger partial charge is 0.253 e. The van der Waals surface area contributed by atoms with Crippen LogP contribution in [0.25, 0.3) is 0 Å². The minimum Gasteiger partial charge on any atom is -0.376 e. The summed E-state index contributed by atoms with van der Waals surface area (Å²) in [5.41, 5.74) is 0.359. The zero-order chi connectivity index (χ0) is 15.2. The van der Waals surface area contributed by atoms with Gasteiger partial charge in [-0.05, 0) is 31.9 Å². The van der Waals surface area contributed by atoms with E-state index in [1.54, 1.807) is 31.2 Å². The van der Waals surface area contributed by atoms with Crippen LogP contribution in [0.4, 0.5) is 0 Å². The fourth-order valence-corrected chi connectivity index (χ4v) is 2.38. The molecule has 0 unspecified atom stereocenters. The van der Waals surface area contributed by atoms with Gasteiger partial charge in [0.25, 0.3) is 5.91 Å². The van der Waals surface area contributed by atoms with Gasteiger partial charge in [0.05, 0.1) is 16.7 Å². The molecule has 1 aliphatic rings. The van der Waals surface area contributed by atoms with E-state index in [1.165, 1.54) is 0 Å². The third kappa shape index (κ3) is 4.44. The Hall–Kier alpha value is -1.59. The Bertz CT molecular complexity index is 515. The Morgan fingerprint density at radius 3 is 2.86 bits per heavy atom. The number of rotatable bonds is 5. The van der Waals surface area contributed by atoms with Gasteiger partial charge in [-0.3, -0.25) is 9.59 Å². The van der Waals surface area contributed by atoms with Gasteiger partial charge in [0.2, 0.25) is 5.91 Å². The minimum absolute atomic E-state index is 0.0837. The molecule has 0 aromatic heterocycles. The third-order valence-corrected chi connectivity index (χ3v) is 3.72. The molecule has 1 fully saturated rings. The second-order valence-corrected chi connectivity index (χ2v) is 5.46. The van der Waals surface area contributed by atoms with Crippen molar-refractivity contribution in [3.63, 3.8) is 0 Å². The number of nitrogens with one attached hydrogen (secondary N) is 2. The van der Waals surface area contributed by atoms with Crippen molar-refractivity contribution in [1.29, 1.82) is 0 Å². The van der Waals surface area contributed by atoms with E-state index in [-0.39, 0.29) is 17.9 Å². The predicted molar refractivity (Wildman–Crippen MR) is 80.4 cm³/mol. The molecule has 21 heavy (non-hydrogen) atoms. The zero-order valence-electron chi connectivity index (χ0n) is 11.9. The maximum Gasteiger partial charge on any atom is 0.253 e. The van der Waals surface area contributed by atoms with Crippen LogP contribution in [0.3, 0.4) is 0 Å². The van der Waals surface area contributed by atoms with Gasteiger partial charge in [-0.1, -0.05) is 23.7 Å². The summed E-state index contributed by atoms with van der Waals surface area (Å²) in [6, 6.07) is 6.10. The number of hydrogen-bond acceptors (Lipinski definition) is 3. The molecule has 1 heterocycles. The highest BCUT2D eigenvalue weighted by molar-refractivity contribution is 6.33. The molecule has 5 nitrogen and oxygen atoms in total. The van der Waals surface area contributed by atoms with Gasteiger partial charge in [-0.2, -0.15) is 0 Å². The summed E-state index contributed by atoms with van der Waals surface area (Å²) in [6.07, 6.45) is 2.07. The molecule has 0 bridgehead atoms. The maximum atomic E-state index is 12.0. The fraction of sp³-hybridized carbons (Fsp3) is 0.467. The van der Waals surface area contributed by atoms with Gasteiger partial charge in [0, 0.05) is 13.2 Å². The molecule has 1 aromatic carbocycles. The Morgan fingerprint density at radius 2 is 2.19 bits per heavy atom. The van der Waals surface area contributed by atoms with Crippen LogP contribution in [0, 0.1) is 0 Å². The van der Waals surface area contributed by atoms with Crippen molar-refractivity contribution in [2.75, 3.05) is 13.2 Å². The van der Waals surface area contributed by atoms with Crippen molar-refractivity contribution in [1.82, 2.24) is 10.6 Å². The number of halogens is 1. The van der Waals surface area contributed by atoms with Crippen molar-refractivity contribution in [3.8, 4) is 0 Å². The first-order chi connectivity index (χ1) is 10.1. The average Bonchev–Trinajstić information content (AvgIpc) is 2.98. The highest BCUT2D eigenvalue weighted by Gasteiger charge is 2.20. The molecular weight excluding hydrogens is 292 g/mol. The number of amides is 2. The third-order valence-electron chi connectivity index (χ3n) is 3.39. The molecule has 2 amide bonds. The zero-order valence-corrected chi connectivity index (χ0v) is 12.7. The van der Waals surface area contributed by atoms with Gasteiger partial charge < -0.3 is 15.4 Å². The van der Waals surface area contributed by atoms with E-state index < -0.39 is 6.04 Å². The first kappa shape index (κ1) is 15.8. The summed E-state index contributed by atoms with van der Waals surface area (Å²) in [4.78, 5) is 24.0. The largest absolute Gasteiger partial charge is 0.376 e. The van der Waals surface area contributed by atoms with Crippen LogP contribution in [0.15, 0.2) is 24.3 Å². The van der Waals surface area contributed by atoms with E-state index in [0.717, 1.165) is 19.4 Å².